The van der Waals surface area contributed by atoms with Gasteiger partial charge in [-0.1, -0.05) is 5.16 Å². The molecule has 0 spiro atoms. The molecule has 1 saturated heterocycles. The summed E-state index contributed by atoms with van der Waals surface area (Å²) in [7, 11) is 0. The first-order valence-corrected chi connectivity index (χ1v) is 12.7. The Kier molecular flexibility index (Phi) is 6.70. The van der Waals surface area contributed by atoms with Gasteiger partial charge in [0.2, 0.25) is 0 Å². The van der Waals surface area contributed by atoms with Gasteiger partial charge < -0.3 is 14.2 Å². The molecule has 2 aromatic heterocycles. The molecular weight excluding hydrogens is 554 g/mol. The van der Waals surface area contributed by atoms with Gasteiger partial charge in [0.05, 0.1) is 28.3 Å². The van der Waals surface area contributed by atoms with Crippen LogP contribution in [0, 0.1) is 12.7 Å². The molecule has 0 amide bonds. The van der Waals surface area contributed by atoms with E-state index < -0.39 is 6.10 Å². The van der Waals surface area contributed by atoms with E-state index in [9.17, 15) is 14.0 Å². The van der Waals surface area contributed by atoms with Crippen molar-refractivity contribution in [2.24, 2.45) is 0 Å². The number of carbonyl (C=O) groups excluding carboxylic acids is 1. The molecule has 0 bridgehead atoms. The van der Waals surface area contributed by atoms with E-state index in [1.807, 2.05) is 6.92 Å². The predicted molar refractivity (Wildman–Crippen MR) is 132 cm³/mol. The number of ether oxygens (including phenoxy) is 1. The maximum atomic E-state index is 13.4. The van der Waals surface area contributed by atoms with Crippen molar-refractivity contribution in [3.8, 4) is 0 Å². The molecule has 2 aliphatic heterocycles. The van der Waals surface area contributed by atoms with Gasteiger partial charge in [0, 0.05) is 41.7 Å². The largest absolute Gasteiger partial charge is 0.447 e. The summed E-state index contributed by atoms with van der Waals surface area (Å²) in [6.45, 7) is 5.03. The topological polar surface area (TPSA) is 90.5 Å². The van der Waals surface area contributed by atoms with Crippen molar-refractivity contribution in [2.75, 3.05) is 19.6 Å². The van der Waals surface area contributed by atoms with Crippen LogP contribution in [0.25, 0.3) is 11.0 Å². The number of benzene rings is 1. The number of likely N-dealkylation sites (tertiary alicyclic amines) is 1. The average molecular weight is 580 g/mol. The minimum absolute atomic E-state index is 0.0205. The van der Waals surface area contributed by atoms with E-state index >= 15 is 0 Å². The summed E-state index contributed by atoms with van der Waals surface area (Å²) in [6.07, 6.45) is 3.51. The quantitative estimate of drug-likeness (QED) is 0.321. The van der Waals surface area contributed by atoms with Crippen LogP contribution in [-0.4, -0.2) is 43.2 Å². The van der Waals surface area contributed by atoms with Gasteiger partial charge in [-0.2, -0.15) is 0 Å². The number of aromatic nitrogens is 3. The molecule has 0 saturated carbocycles. The third-order valence-corrected chi connectivity index (χ3v) is 7.24. The highest BCUT2D eigenvalue weighted by molar-refractivity contribution is 14.1. The lowest BCUT2D eigenvalue weighted by Crippen LogP contribution is -2.38. The molecule has 4 heterocycles. The molecule has 10 heteroatoms. The molecule has 1 aromatic carbocycles. The fraction of sp³-hybridized carbons (Fsp3) is 0.500. The van der Waals surface area contributed by atoms with Gasteiger partial charge in [0.15, 0.2) is 17.5 Å². The Morgan fingerprint density at radius 1 is 1.26 bits per heavy atom. The third-order valence-electron chi connectivity index (χ3n) is 6.98. The Hall–Kier alpha value is -2.34. The third kappa shape index (κ3) is 4.61. The van der Waals surface area contributed by atoms with Gasteiger partial charge >= 0.3 is 3.98 Å². The van der Waals surface area contributed by atoms with E-state index in [1.54, 1.807) is 33.2 Å². The summed E-state index contributed by atoms with van der Waals surface area (Å²) >= 11 is 1.61. The van der Waals surface area contributed by atoms with E-state index in [0.717, 1.165) is 55.5 Å². The van der Waals surface area contributed by atoms with Gasteiger partial charge in [-0.15, -0.1) is 0 Å². The molecule has 3 aromatic rings. The SMILES string of the molecule is Cc1nc2n(c(=O)c1CCN1CCC(c3noc4cc(F)ccc34)CC1)CCCC2OC(=O)I. The van der Waals surface area contributed by atoms with Crippen LogP contribution in [0.5, 0.6) is 0 Å². The zero-order valence-corrected chi connectivity index (χ0v) is 21.1. The Balaban J connectivity index is 1.24. The van der Waals surface area contributed by atoms with Crippen molar-refractivity contribution in [1.82, 2.24) is 19.6 Å². The lowest BCUT2D eigenvalue weighted by molar-refractivity contribution is 0.0985. The number of halogens is 2. The maximum absolute atomic E-state index is 13.4. The zero-order valence-electron chi connectivity index (χ0n) is 18.9. The number of nitrogens with zero attached hydrogens (tertiary/aromatic N) is 4. The van der Waals surface area contributed by atoms with Crippen LogP contribution in [0.15, 0.2) is 27.5 Å². The second-order valence-corrected chi connectivity index (χ2v) is 9.93. The fourth-order valence-electron chi connectivity index (χ4n) is 5.18. The van der Waals surface area contributed by atoms with Crippen LogP contribution in [0.3, 0.4) is 0 Å². The van der Waals surface area contributed by atoms with Gasteiger partial charge in [-0.3, -0.25) is 9.36 Å². The number of hydrogen-bond acceptors (Lipinski definition) is 7. The Labute approximate surface area is 209 Å². The van der Waals surface area contributed by atoms with Crippen molar-refractivity contribution in [1.29, 1.82) is 0 Å². The van der Waals surface area contributed by atoms with Crippen molar-refractivity contribution < 1.29 is 18.4 Å². The first-order chi connectivity index (χ1) is 16.4. The summed E-state index contributed by atoms with van der Waals surface area (Å²) < 4.78 is 25.5. The zero-order chi connectivity index (χ0) is 23.8. The number of piperidine rings is 1. The molecule has 1 atom stereocenters. The van der Waals surface area contributed by atoms with E-state index in [4.69, 9.17) is 9.26 Å². The van der Waals surface area contributed by atoms with Crippen molar-refractivity contribution in [2.45, 2.75) is 57.6 Å². The summed E-state index contributed by atoms with van der Waals surface area (Å²) in [4.78, 5) is 31.7. The van der Waals surface area contributed by atoms with Crippen LogP contribution < -0.4 is 5.56 Å². The Bertz CT molecular complexity index is 1280. The van der Waals surface area contributed by atoms with Crippen LogP contribution in [0.1, 0.15) is 60.5 Å². The van der Waals surface area contributed by atoms with E-state index in [0.29, 0.717) is 36.5 Å². The summed E-state index contributed by atoms with van der Waals surface area (Å²) in [6, 6.07) is 4.57. The fourth-order valence-corrected chi connectivity index (χ4v) is 5.49. The Morgan fingerprint density at radius 2 is 2.06 bits per heavy atom. The highest BCUT2D eigenvalue weighted by Crippen LogP contribution is 2.33. The summed E-state index contributed by atoms with van der Waals surface area (Å²) in [5.74, 6) is 0.510. The highest BCUT2D eigenvalue weighted by Gasteiger charge is 2.29. The van der Waals surface area contributed by atoms with Crippen LogP contribution in [0.2, 0.25) is 0 Å². The number of hydrogen-bond donors (Lipinski definition) is 0. The average Bonchev–Trinajstić information content (AvgIpc) is 3.22. The number of fused-ring (bicyclic) bond motifs is 2. The van der Waals surface area contributed by atoms with E-state index in [1.165, 1.54) is 12.1 Å². The van der Waals surface area contributed by atoms with Crippen molar-refractivity contribution in [3.63, 3.8) is 0 Å². The van der Waals surface area contributed by atoms with E-state index in [-0.39, 0.29) is 21.3 Å². The molecule has 180 valence electrons. The molecule has 34 heavy (non-hydrogen) atoms. The Morgan fingerprint density at radius 3 is 2.82 bits per heavy atom. The van der Waals surface area contributed by atoms with E-state index in [2.05, 4.69) is 15.0 Å². The van der Waals surface area contributed by atoms with Crippen LogP contribution in [0.4, 0.5) is 9.18 Å². The number of rotatable bonds is 5. The van der Waals surface area contributed by atoms with Gasteiger partial charge in [-0.25, -0.2) is 14.2 Å². The predicted octanol–water partition coefficient (Wildman–Crippen LogP) is 4.66. The minimum Gasteiger partial charge on any atom is -0.447 e. The molecule has 0 N–H and O–H groups in total. The smallest absolute Gasteiger partial charge is 0.367 e. The standard InChI is InChI=1S/C24H26FIN4O4/c1-14-17(23(31)30-9-2-3-19(22(30)27-14)33-24(26)32)8-12-29-10-6-15(7-11-29)21-18-5-4-16(25)13-20(18)34-28-21/h4-5,13,15,19H,2-3,6-12H2,1H3. The maximum Gasteiger partial charge on any atom is 0.367 e. The molecule has 0 radical (unpaired) electrons. The summed E-state index contributed by atoms with van der Waals surface area (Å²) in [5, 5.41) is 5.11. The van der Waals surface area contributed by atoms with Crippen LogP contribution in [-0.2, 0) is 17.7 Å². The molecular formula is C24H26FIN4O4. The molecule has 5 rings (SSSR count). The van der Waals surface area contributed by atoms with Crippen LogP contribution >= 0.6 is 22.6 Å². The minimum atomic E-state index is -0.457. The highest BCUT2D eigenvalue weighted by atomic mass is 127. The van der Waals surface area contributed by atoms with Crippen molar-refractivity contribution >= 4 is 37.5 Å². The molecule has 1 unspecified atom stereocenters. The second kappa shape index (κ2) is 9.73. The van der Waals surface area contributed by atoms with Gasteiger partial charge in [0.25, 0.3) is 5.56 Å². The summed E-state index contributed by atoms with van der Waals surface area (Å²) in [5.41, 5.74) is 2.82. The normalized spacial score (nSPS) is 19.3. The lowest BCUT2D eigenvalue weighted by Gasteiger charge is -2.31. The second-order valence-electron chi connectivity index (χ2n) is 9.05. The molecule has 8 nitrogen and oxygen atoms in total. The van der Waals surface area contributed by atoms with Gasteiger partial charge in [-0.05, 0) is 64.3 Å². The first kappa shape index (κ1) is 23.4. The first-order valence-electron chi connectivity index (χ1n) is 11.6. The van der Waals surface area contributed by atoms with Crippen molar-refractivity contribution in [3.05, 3.63) is 57.1 Å². The number of aryl methyl sites for hydroxylation is 1. The lowest BCUT2D eigenvalue weighted by atomic mass is 9.91. The molecule has 1 fully saturated rings. The monoisotopic (exact) mass is 580 g/mol. The van der Waals surface area contributed by atoms with Gasteiger partial charge in [0.1, 0.15) is 5.82 Å². The number of carbonyl (C=O) groups is 1. The molecule has 0 aliphatic carbocycles. The molecule has 2 aliphatic rings.